The quantitative estimate of drug-likeness (QED) is 0.156. The molecule has 0 aliphatic heterocycles. The van der Waals surface area contributed by atoms with Crippen LogP contribution >= 0.6 is 0 Å². The molecule has 0 fully saturated rings. The predicted molar refractivity (Wildman–Crippen MR) is 246 cm³/mol. The van der Waals surface area contributed by atoms with Crippen LogP contribution in [0.3, 0.4) is 0 Å². The zero-order chi connectivity index (χ0) is 38.2. The molecule has 0 amide bonds. The van der Waals surface area contributed by atoms with Crippen molar-refractivity contribution >= 4 is 65.2 Å². The minimum atomic E-state index is 1.14. The average molecular weight is 737 g/mol. The van der Waals surface area contributed by atoms with Gasteiger partial charge in [0.2, 0.25) is 0 Å². The van der Waals surface area contributed by atoms with Crippen molar-refractivity contribution in [3.63, 3.8) is 0 Å². The van der Waals surface area contributed by atoms with E-state index in [0.717, 1.165) is 5.69 Å². The van der Waals surface area contributed by atoms with Crippen molar-refractivity contribution in [1.29, 1.82) is 0 Å². The molecule has 0 saturated carbocycles. The van der Waals surface area contributed by atoms with Gasteiger partial charge >= 0.3 is 0 Å². The maximum absolute atomic E-state index is 2.49. The summed E-state index contributed by atoms with van der Waals surface area (Å²) in [4.78, 5) is 0. The van der Waals surface area contributed by atoms with Crippen LogP contribution in [0.1, 0.15) is 0 Å². The van der Waals surface area contributed by atoms with Gasteiger partial charge in [-0.1, -0.05) is 176 Å². The van der Waals surface area contributed by atoms with Crippen molar-refractivity contribution in [3.05, 3.63) is 218 Å². The fraction of sp³-hybridized carbons (Fsp3) is 0. The molecule has 2 heterocycles. The number of fused-ring (bicyclic) bond motifs is 9. The molecule has 270 valence electrons. The van der Waals surface area contributed by atoms with Gasteiger partial charge < -0.3 is 9.13 Å². The number of rotatable bonds is 5. The van der Waals surface area contributed by atoms with Gasteiger partial charge in [0.15, 0.2) is 0 Å². The first kappa shape index (κ1) is 32.6. The van der Waals surface area contributed by atoms with Crippen molar-refractivity contribution in [2.45, 2.75) is 0 Å². The highest BCUT2D eigenvalue weighted by molar-refractivity contribution is 6.20. The van der Waals surface area contributed by atoms with Gasteiger partial charge in [-0.3, -0.25) is 0 Å². The van der Waals surface area contributed by atoms with Crippen LogP contribution in [-0.4, -0.2) is 9.13 Å². The van der Waals surface area contributed by atoms with Crippen molar-refractivity contribution in [2.75, 3.05) is 0 Å². The third-order valence-corrected chi connectivity index (χ3v) is 12.1. The molecule has 0 radical (unpaired) electrons. The van der Waals surface area contributed by atoms with Gasteiger partial charge in [-0.2, -0.15) is 0 Å². The second-order valence-corrected chi connectivity index (χ2v) is 15.3. The van der Waals surface area contributed by atoms with Gasteiger partial charge in [0, 0.05) is 32.6 Å². The van der Waals surface area contributed by atoms with Gasteiger partial charge in [-0.05, 0) is 92.0 Å². The largest absolute Gasteiger partial charge is 0.309 e. The molecule has 0 atom stereocenters. The summed E-state index contributed by atoms with van der Waals surface area (Å²) in [6.07, 6.45) is 0. The Morgan fingerprint density at radius 2 is 0.776 bits per heavy atom. The number of hydrogen-bond donors (Lipinski definition) is 0. The Bertz CT molecular complexity index is 3530. The SMILES string of the molecule is c1ccc(-c2ccc(-n3c4cc(-c5cccc6c5c5ccccc5n6-c5cc6ccccc6c6ccccc56)ccc4c4c(-c5ccccc5)cccc43)cc2)cc1. The molecule has 0 N–H and O–H groups in total. The van der Waals surface area contributed by atoms with Crippen LogP contribution < -0.4 is 0 Å². The molecule has 58 heavy (non-hydrogen) atoms. The molecular formula is C56H36N2. The molecule has 0 aliphatic rings. The topological polar surface area (TPSA) is 9.86 Å². The molecule has 0 spiro atoms. The molecule has 2 heteroatoms. The smallest absolute Gasteiger partial charge is 0.0547 e. The molecule has 12 aromatic rings. The molecular weight excluding hydrogens is 701 g/mol. The molecule has 0 unspecified atom stereocenters. The third kappa shape index (κ3) is 4.92. The lowest BCUT2D eigenvalue weighted by molar-refractivity contribution is 1.18. The standard InChI is InChI=1S/C56H36N2/c1-3-15-37(16-4-1)38-29-32-42(33-30-38)57-51-27-13-24-44(39-17-5-2-6-18-39)55(51)49-34-31-41(36-54(49)57)45-25-14-28-52-56(45)48-23-11-12-26-50(48)58(52)53-35-40-19-7-8-20-43(40)46-21-9-10-22-47(46)53/h1-36H. The maximum atomic E-state index is 2.49. The molecule has 0 aliphatic carbocycles. The number of hydrogen-bond acceptors (Lipinski definition) is 0. The lowest BCUT2D eigenvalue weighted by atomic mass is 9.96. The fourth-order valence-electron chi connectivity index (χ4n) is 9.54. The van der Waals surface area contributed by atoms with E-state index >= 15 is 0 Å². The van der Waals surface area contributed by atoms with E-state index in [0.29, 0.717) is 0 Å². The van der Waals surface area contributed by atoms with Crippen molar-refractivity contribution in [1.82, 2.24) is 9.13 Å². The number of para-hydroxylation sites is 1. The monoisotopic (exact) mass is 736 g/mol. The Kier molecular flexibility index (Phi) is 7.26. The van der Waals surface area contributed by atoms with Crippen LogP contribution in [0.25, 0.3) is 110 Å². The highest BCUT2D eigenvalue weighted by Gasteiger charge is 2.21. The third-order valence-electron chi connectivity index (χ3n) is 12.1. The normalized spacial score (nSPS) is 11.8. The number of nitrogens with zero attached hydrogens (tertiary/aromatic N) is 2. The Balaban J connectivity index is 1.13. The van der Waals surface area contributed by atoms with E-state index in [-0.39, 0.29) is 0 Å². The van der Waals surface area contributed by atoms with Crippen LogP contribution in [0.4, 0.5) is 0 Å². The Labute approximate surface area is 336 Å². The summed E-state index contributed by atoms with van der Waals surface area (Å²) in [6.45, 7) is 0. The summed E-state index contributed by atoms with van der Waals surface area (Å²) in [5, 5.41) is 10.0. The van der Waals surface area contributed by atoms with Gasteiger partial charge in [0.05, 0.1) is 27.8 Å². The van der Waals surface area contributed by atoms with E-state index in [9.17, 15) is 0 Å². The summed E-state index contributed by atoms with van der Waals surface area (Å²) >= 11 is 0. The van der Waals surface area contributed by atoms with Crippen LogP contribution in [0.15, 0.2) is 218 Å². The molecule has 10 aromatic carbocycles. The highest BCUT2D eigenvalue weighted by Crippen LogP contribution is 2.44. The minimum absolute atomic E-state index is 1.14. The number of benzene rings is 10. The second kappa shape index (κ2) is 12.9. The van der Waals surface area contributed by atoms with Crippen LogP contribution in [0.5, 0.6) is 0 Å². The van der Waals surface area contributed by atoms with E-state index in [4.69, 9.17) is 0 Å². The Morgan fingerprint density at radius 1 is 0.259 bits per heavy atom. The van der Waals surface area contributed by atoms with Gasteiger partial charge in [0.25, 0.3) is 0 Å². The molecule has 2 aromatic heterocycles. The first-order valence-electron chi connectivity index (χ1n) is 20.0. The first-order valence-corrected chi connectivity index (χ1v) is 20.0. The fourth-order valence-corrected chi connectivity index (χ4v) is 9.54. The Morgan fingerprint density at radius 3 is 1.52 bits per heavy atom. The predicted octanol–water partition coefficient (Wildman–Crippen LogP) is 15.2. The zero-order valence-electron chi connectivity index (χ0n) is 31.7. The van der Waals surface area contributed by atoms with E-state index < -0.39 is 0 Å². The van der Waals surface area contributed by atoms with Crippen molar-refractivity contribution < 1.29 is 0 Å². The number of aromatic nitrogens is 2. The van der Waals surface area contributed by atoms with E-state index in [1.54, 1.807) is 0 Å². The van der Waals surface area contributed by atoms with Gasteiger partial charge in [0.1, 0.15) is 0 Å². The molecule has 0 bridgehead atoms. The lowest BCUT2D eigenvalue weighted by Gasteiger charge is -2.14. The molecule has 2 nitrogen and oxygen atoms in total. The Hall–Kier alpha value is -7.68. The van der Waals surface area contributed by atoms with Gasteiger partial charge in [-0.25, -0.2) is 0 Å². The second-order valence-electron chi connectivity index (χ2n) is 15.3. The minimum Gasteiger partial charge on any atom is -0.309 e. The summed E-state index contributed by atoms with van der Waals surface area (Å²) in [6, 6.07) is 80.0. The average Bonchev–Trinajstić information content (AvgIpc) is 3.82. The van der Waals surface area contributed by atoms with E-state index in [1.165, 1.54) is 104 Å². The lowest BCUT2D eigenvalue weighted by Crippen LogP contribution is -1.96. The van der Waals surface area contributed by atoms with Crippen LogP contribution in [0, 0.1) is 0 Å². The summed E-state index contributed by atoms with van der Waals surface area (Å²) in [5.74, 6) is 0. The van der Waals surface area contributed by atoms with E-state index in [1.807, 2.05) is 0 Å². The summed E-state index contributed by atoms with van der Waals surface area (Å²) in [5.41, 5.74) is 14.4. The zero-order valence-corrected chi connectivity index (χ0v) is 31.7. The van der Waals surface area contributed by atoms with Gasteiger partial charge in [-0.15, -0.1) is 0 Å². The van der Waals surface area contributed by atoms with Crippen LogP contribution in [0.2, 0.25) is 0 Å². The summed E-state index contributed by atoms with van der Waals surface area (Å²) < 4.78 is 4.94. The summed E-state index contributed by atoms with van der Waals surface area (Å²) in [7, 11) is 0. The maximum Gasteiger partial charge on any atom is 0.0547 e. The van der Waals surface area contributed by atoms with Crippen molar-refractivity contribution in [2.24, 2.45) is 0 Å². The van der Waals surface area contributed by atoms with E-state index in [2.05, 4.69) is 228 Å². The first-order chi connectivity index (χ1) is 28.8. The molecule has 0 saturated heterocycles. The highest BCUT2D eigenvalue weighted by atomic mass is 15.0. The van der Waals surface area contributed by atoms with Crippen LogP contribution in [-0.2, 0) is 0 Å². The molecule has 12 rings (SSSR count). The van der Waals surface area contributed by atoms with Crippen molar-refractivity contribution in [3.8, 4) is 44.8 Å².